The van der Waals surface area contributed by atoms with Crippen molar-refractivity contribution in [2.75, 3.05) is 5.32 Å². The van der Waals surface area contributed by atoms with Gasteiger partial charge in [0.05, 0.1) is 4.90 Å². The molecule has 0 atom stereocenters. The molecule has 1 amide bonds. The van der Waals surface area contributed by atoms with Gasteiger partial charge in [0.2, 0.25) is 5.91 Å². The van der Waals surface area contributed by atoms with Crippen molar-refractivity contribution < 1.29 is 13.2 Å². The molecule has 19 heavy (non-hydrogen) atoms. The van der Waals surface area contributed by atoms with Crippen LogP contribution in [0.15, 0.2) is 27.6 Å². The first kappa shape index (κ1) is 16.5. The second-order valence-electron chi connectivity index (χ2n) is 5.37. The molecule has 1 rings (SSSR count). The molecule has 0 saturated heterocycles. The van der Waals surface area contributed by atoms with Crippen LogP contribution in [-0.4, -0.2) is 14.3 Å². The number of rotatable bonds is 3. The van der Waals surface area contributed by atoms with E-state index in [1.807, 2.05) is 20.8 Å². The fourth-order valence-corrected chi connectivity index (χ4v) is 3.69. The minimum absolute atomic E-state index is 0.0250. The van der Waals surface area contributed by atoms with Crippen LogP contribution in [0, 0.1) is 5.41 Å². The molecule has 1 aromatic rings. The summed E-state index contributed by atoms with van der Waals surface area (Å²) in [7, 11) is 1.47. The highest BCUT2D eigenvalue weighted by atomic mass is 79.9. The summed E-state index contributed by atoms with van der Waals surface area (Å²) in [4.78, 5) is 11.7. The van der Waals surface area contributed by atoms with Crippen molar-refractivity contribution >= 4 is 47.3 Å². The zero-order chi connectivity index (χ0) is 14.8. The predicted octanol–water partition coefficient (Wildman–Crippen LogP) is 3.75. The molecular formula is C12H15BrClNO3S. The van der Waals surface area contributed by atoms with Crippen LogP contribution >= 0.6 is 26.6 Å². The van der Waals surface area contributed by atoms with Gasteiger partial charge in [0.1, 0.15) is 0 Å². The lowest BCUT2D eigenvalue weighted by Gasteiger charge is -2.17. The van der Waals surface area contributed by atoms with E-state index in [4.69, 9.17) is 10.7 Å². The van der Waals surface area contributed by atoms with E-state index < -0.39 is 9.05 Å². The Morgan fingerprint density at radius 2 is 1.95 bits per heavy atom. The van der Waals surface area contributed by atoms with Gasteiger partial charge in [0.15, 0.2) is 0 Å². The van der Waals surface area contributed by atoms with Crippen molar-refractivity contribution in [2.45, 2.75) is 32.1 Å². The molecule has 106 valence electrons. The Hall–Kier alpha value is -0.590. The first-order chi connectivity index (χ1) is 8.49. The molecule has 0 aromatic heterocycles. The van der Waals surface area contributed by atoms with Crippen molar-refractivity contribution in [1.29, 1.82) is 0 Å². The molecule has 1 aromatic carbocycles. The average molecular weight is 369 g/mol. The largest absolute Gasteiger partial charge is 0.326 e. The van der Waals surface area contributed by atoms with Crippen molar-refractivity contribution in [3.05, 3.63) is 22.7 Å². The second kappa shape index (κ2) is 5.81. The smallest absolute Gasteiger partial charge is 0.262 e. The minimum Gasteiger partial charge on any atom is -0.326 e. The number of carbonyl (C=O) groups is 1. The van der Waals surface area contributed by atoms with Gasteiger partial charge < -0.3 is 5.32 Å². The number of hydrogen-bond donors (Lipinski definition) is 1. The van der Waals surface area contributed by atoms with Crippen LogP contribution in [-0.2, 0) is 13.8 Å². The molecule has 0 fully saturated rings. The fraction of sp³-hybridized carbons (Fsp3) is 0.417. The van der Waals surface area contributed by atoms with Gasteiger partial charge in [-0.3, -0.25) is 4.79 Å². The van der Waals surface area contributed by atoms with E-state index in [2.05, 4.69) is 21.2 Å². The van der Waals surface area contributed by atoms with Crippen LogP contribution in [0.5, 0.6) is 0 Å². The molecule has 4 nitrogen and oxygen atoms in total. The third-order valence-electron chi connectivity index (χ3n) is 2.17. The normalized spacial score (nSPS) is 12.3. The van der Waals surface area contributed by atoms with Crippen LogP contribution in [0.2, 0.25) is 0 Å². The highest BCUT2D eigenvalue weighted by Crippen LogP contribution is 2.28. The first-order valence-electron chi connectivity index (χ1n) is 5.53. The molecule has 0 aliphatic heterocycles. The molecule has 0 aliphatic rings. The summed E-state index contributed by atoms with van der Waals surface area (Å²) in [6.07, 6.45) is 0.375. The van der Waals surface area contributed by atoms with Gasteiger partial charge in [-0.25, -0.2) is 8.42 Å². The van der Waals surface area contributed by atoms with Crippen molar-refractivity contribution in [3.63, 3.8) is 0 Å². The Kier molecular flexibility index (Phi) is 5.03. The molecule has 0 radical (unpaired) electrons. The molecule has 7 heteroatoms. The van der Waals surface area contributed by atoms with Crippen LogP contribution in [0.4, 0.5) is 5.69 Å². The van der Waals surface area contributed by atoms with Gasteiger partial charge in [0.25, 0.3) is 9.05 Å². The second-order valence-corrected chi connectivity index (χ2v) is 8.76. The molecule has 0 bridgehead atoms. The van der Waals surface area contributed by atoms with Crippen LogP contribution in [0.25, 0.3) is 0 Å². The van der Waals surface area contributed by atoms with Crippen LogP contribution < -0.4 is 5.32 Å². The monoisotopic (exact) mass is 367 g/mol. The maximum atomic E-state index is 11.8. The van der Waals surface area contributed by atoms with Crippen LogP contribution in [0.3, 0.4) is 0 Å². The molecule has 0 heterocycles. The standard InChI is InChI=1S/C12H15BrClNO3S/c1-12(2,3)7-11(16)15-8-4-5-10(9(13)6-8)19(14,17)18/h4-6H,7H2,1-3H3,(H,15,16). The Balaban J connectivity index is 2.89. The van der Waals surface area contributed by atoms with Crippen molar-refractivity contribution in [2.24, 2.45) is 5.41 Å². The Morgan fingerprint density at radius 3 is 2.37 bits per heavy atom. The summed E-state index contributed by atoms with van der Waals surface area (Å²) in [6, 6.07) is 4.36. The summed E-state index contributed by atoms with van der Waals surface area (Å²) < 4.78 is 22.8. The minimum atomic E-state index is -3.79. The topological polar surface area (TPSA) is 63.2 Å². The van der Waals surface area contributed by atoms with E-state index in [0.717, 1.165) is 0 Å². The lowest BCUT2D eigenvalue weighted by atomic mass is 9.92. The SMILES string of the molecule is CC(C)(C)CC(=O)Nc1ccc(S(=O)(=O)Cl)c(Br)c1. The maximum Gasteiger partial charge on any atom is 0.262 e. The highest BCUT2D eigenvalue weighted by Gasteiger charge is 2.18. The quantitative estimate of drug-likeness (QED) is 0.826. The number of hydrogen-bond acceptors (Lipinski definition) is 3. The zero-order valence-electron chi connectivity index (χ0n) is 10.8. The van der Waals surface area contributed by atoms with E-state index in [1.54, 1.807) is 0 Å². The van der Waals surface area contributed by atoms with Crippen molar-refractivity contribution in [3.8, 4) is 0 Å². The number of halogens is 2. The summed E-state index contributed by atoms with van der Waals surface area (Å²) in [6.45, 7) is 5.89. The van der Waals surface area contributed by atoms with Gasteiger partial charge in [-0.05, 0) is 39.5 Å². The van der Waals surface area contributed by atoms with Gasteiger partial charge in [-0.15, -0.1) is 0 Å². The van der Waals surface area contributed by atoms with E-state index in [0.29, 0.717) is 16.6 Å². The number of carbonyl (C=O) groups excluding carboxylic acids is 1. The molecule has 1 N–H and O–H groups in total. The third-order valence-corrected chi connectivity index (χ3v) is 4.47. The summed E-state index contributed by atoms with van der Waals surface area (Å²) in [5.74, 6) is -0.124. The lowest BCUT2D eigenvalue weighted by molar-refractivity contribution is -0.117. The average Bonchev–Trinajstić information content (AvgIpc) is 2.11. The Bertz CT molecular complexity index is 593. The van der Waals surface area contributed by atoms with Gasteiger partial charge in [-0.2, -0.15) is 0 Å². The van der Waals surface area contributed by atoms with E-state index in [-0.39, 0.29) is 16.2 Å². The van der Waals surface area contributed by atoms with E-state index >= 15 is 0 Å². The Morgan fingerprint density at radius 1 is 1.37 bits per heavy atom. The predicted molar refractivity (Wildman–Crippen MR) is 79.9 cm³/mol. The number of benzene rings is 1. The molecule has 0 spiro atoms. The van der Waals surface area contributed by atoms with Crippen LogP contribution in [0.1, 0.15) is 27.2 Å². The van der Waals surface area contributed by atoms with Crippen molar-refractivity contribution in [1.82, 2.24) is 0 Å². The first-order valence-corrected chi connectivity index (χ1v) is 8.63. The van der Waals surface area contributed by atoms with Gasteiger partial charge in [-0.1, -0.05) is 20.8 Å². The summed E-state index contributed by atoms with van der Waals surface area (Å²) in [5.41, 5.74) is 0.408. The molecule has 0 unspecified atom stereocenters. The lowest BCUT2D eigenvalue weighted by Crippen LogP contribution is -2.19. The number of amides is 1. The molecule has 0 aliphatic carbocycles. The van der Waals surface area contributed by atoms with E-state index in [9.17, 15) is 13.2 Å². The Labute approximate surface area is 126 Å². The maximum absolute atomic E-state index is 11.8. The fourth-order valence-electron chi connectivity index (χ4n) is 1.46. The molecule has 0 saturated carbocycles. The number of anilines is 1. The highest BCUT2D eigenvalue weighted by molar-refractivity contribution is 9.10. The van der Waals surface area contributed by atoms with Gasteiger partial charge in [0, 0.05) is 27.3 Å². The third kappa shape index (κ3) is 5.50. The zero-order valence-corrected chi connectivity index (χ0v) is 14.0. The molecular weight excluding hydrogens is 354 g/mol. The summed E-state index contributed by atoms with van der Waals surface area (Å²) >= 11 is 3.12. The summed E-state index contributed by atoms with van der Waals surface area (Å²) in [5, 5.41) is 2.71. The van der Waals surface area contributed by atoms with E-state index in [1.165, 1.54) is 18.2 Å². The van der Waals surface area contributed by atoms with Gasteiger partial charge >= 0.3 is 0 Å². The number of nitrogens with one attached hydrogen (secondary N) is 1.